The Morgan fingerprint density at radius 3 is 1.48 bits per heavy atom. The van der Waals surface area contributed by atoms with E-state index in [4.69, 9.17) is 19.4 Å². The van der Waals surface area contributed by atoms with Gasteiger partial charge in [0, 0.05) is 11.4 Å². The molecule has 0 aliphatic carbocycles. The fourth-order valence-corrected chi connectivity index (χ4v) is 8.72. The zero-order chi connectivity index (χ0) is 45.8. The van der Waals surface area contributed by atoms with Crippen molar-refractivity contribution in [3.05, 3.63) is 291 Å². The number of rotatable bonds is 18. The number of anilines is 1. The van der Waals surface area contributed by atoms with Gasteiger partial charge in [0.25, 0.3) is 0 Å². The van der Waals surface area contributed by atoms with Crippen molar-refractivity contribution in [2.45, 2.75) is 24.4 Å². The molecule has 0 saturated carbocycles. The molecule has 9 rings (SSSR count). The summed E-state index contributed by atoms with van der Waals surface area (Å²) in [6, 6.07) is 70.1. The number of hydrogen-bond donors (Lipinski definition) is 2. The molecule has 0 radical (unpaired) electrons. The van der Waals surface area contributed by atoms with Gasteiger partial charge in [-0.05, 0) is 38.9 Å². The molecule has 7 aromatic carbocycles. The molecule has 67 heavy (non-hydrogen) atoms. The predicted octanol–water partition coefficient (Wildman–Crippen LogP) is 11.1. The number of oxime groups is 1. The third-order valence-electron chi connectivity index (χ3n) is 11.2. The van der Waals surface area contributed by atoms with Crippen LogP contribution in [0, 0.1) is 0 Å². The number of thiazole rings is 1. The average molecular weight is 901 g/mol. The Kier molecular flexibility index (Phi) is 13.4. The van der Waals surface area contributed by atoms with Crippen LogP contribution in [0.1, 0.15) is 62.5 Å². The summed E-state index contributed by atoms with van der Waals surface area (Å²) in [5.74, 6) is -1.33. The Balaban J connectivity index is 1.06. The summed E-state index contributed by atoms with van der Waals surface area (Å²) in [6.07, 6.45) is 0.241. The van der Waals surface area contributed by atoms with Crippen LogP contribution in [0.2, 0.25) is 0 Å². The average Bonchev–Trinajstić information content (AvgIpc) is 3.85. The van der Waals surface area contributed by atoms with Gasteiger partial charge in [-0.2, -0.15) is 4.73 Å². The van der Waals surface area contributed by atoms with Crippen molar-refractivity contribution in [1.82, 2.24) is 9.71 Å². The highest BCUT2D eigenvalue weighted by atomic mass is 32.1. The van der Waals surface area contributed by atoms with Crippen molar-refractivity contribution in [2.24, 2.45) is 5.16 Å². The standard InChI is InChI=1S/C56H44N4O6S/c61-49-36-47(38-64-59-51(54(62)63)48-39-67-55(57-48)58-56(44-30-16-5-17-31-44,45-32-18-6-19-33-45)46-34-20-7-21-35-46)60(66-53(42-26-12-3-13-27-42)43-28-14-4-15-29-43)37-50(49)65-52(40-22-8-1-9-23-40)41-24-10-2-11-25-41/h1-37,39,52-53H,38H2,(H,57,58)(H,62,63)/b59-51-. The second-order valence-electron chi connectivity index (χ2n) is 15.5. The van der Waals surface area contributed by atoms with E-state index in [-0.39, 0.29) is 23.7 Å². The van der Waals surface area contributed by atoms with E-state index in [1.54, 1.807) is 5.38 Å². The molecule has 10 nitrogen and oxygen atoms in total. The van der Waals surface area contributed by atoms with Crippen molar-refractivity contribution in [3.63, 3.8) is 0 Å². The lowest BCUT2D eigenvalue weighted by molar-refractivity contribution is -0.129. The van der Waals surface area contributed by atoms with Gasteiger partial charge < -0.3 is 24.8 Å². The number of carboxylic acid groups (broad SMARTS) is 1. The van der Waals surface area contributed by atoms with Crippen LogP contribution in [0.5, 0.6) is 5.75 Å². The van der Waals surface area contributed by atoms with E-state index in [9.17, 15) is 14.7 Å². The molecule has 0 bridgehead atoms. The van der Waals surface area contributed by atoms with Gasteiger partial charge in [-0.1, -0.05) is 217 Å². The van der Waals surface area contributed by atoms with Crippen LogP contribution in [0.4, 0.5) is 5.13 Å². The van der Waals surface area contributed by atoms with Crippen molar-refractivity contribution >= 4 is 28.1 Å². The van der Waals surface area contributed by atoms with Crippen LogP contribution in [-0.2, 0) is 21.8 Å². The first kappa shape index (κ1) is 43.7. The van der Waals surface area contributed by atoms with Crippen LogP contribution < -0.4 is 20.3 Å². The highest BCUT2D eigenvalue weighted by Gasteiger charge is 2.37. The van der Waals surface area contributed by atoms with E-state index < -0.39 is 34.9 Å². The quantitative estimate of drug-likeness (QED) is 0.0496. The van der Waals surface area contributed by atoms with Gasteiger partial charge in [0.2, 0.25) is 11.1 Å². The van der Waals surface area contributed by atoms with E-state index in [0.717, 1.165) is 38.9 Å². The first-order chi connectivity index (χ1) is 33.0. The fraction of sp³-hybridized carbons (Fsp3) is 0.0714. The summed E-state index contributed by atoms with van der Waals surface area (Å²) < 4.78 is 8.02. The molecule has 0 saturated heterocycles. The smallest absolute Gasteiger partial charge is 0.360 e. The van der Waals surface area contributed by atoms with Gasteiger partial charge in [0.1, 0.15) is 23.0 Å². The topological polar surface area (TPSA) is 124 Å². The molecule has 0 aliphatic heterocycles. The zero-order valence-electron chi connectivity index (χ0n) is 36.0. The number of aromatic nitrogens is 2. The molecule has 0 unspecified atom stereocenters. The van der Waals surface area contributed by atoms with Crippen molar-refractivity contribution < 1.29 is 24.3 Å². The first-order valence-corrected chi connectivity index (χ1v) is 22.5. The zero-order valence-corrected chi connectivity index (χ0v) is 36.9. The number of hydrogen-bond acceptors (Lipinski definition) is 9. The molecule has 0 atom stereocenters. The predicted molar refractivity (Wildman–Crippen MR) is 261 cm³/mol. The van der Waals surface area contributed by atoms with Gasteiger partial charge >= 0.3 is 5.97 Å². The monoisotopic (exact) mass is 900 g/mol. The van der Waals surface area contributed by atoms with Crippen molar-refractivity contribution in [1.29, 1.82) is 0 Å². The summed E-state index contributed by atoms with van der Waals surface area (Å²) in [6.45, 7) is -0.349. The number of nitrogens with zero attached hydrogens (tertiary/aromatic N) is 3. The summed E-state index contributed by atoms with van der Waals surface area (Å²) in [4.78, 5) is 44.4. The lowest BCUT2D eigenvalue weighted by Gasteiger charge is -2.36. The second kappa shape index (κ2) is 20.5. The molecule has 9 aromatic rings. The number of nitrogens with one attached hydrogen (secondary N) is 1. The summed E-state index contributed by atoms with van der Waals surface area (Å²) in [5.41, 5.74) is 4.85. The van der Waals surface area contributed by atoms with Gasteiger partial charge in [-0.15, -0.1) is 11.3 Å². The van der Waals surface area contributed by atoms with E-state index in [1.165, 1.54) is 28.3 Å². The maximum atomic E-state index is 14.1. The molecule has 330 valence electrons. The third-order valence-corrected chi connectivity index (χ3v) is 11.9. The number of aliphatic carboxylic acids is 1. The molecular formula is C56H44N4O6S. The largest absolute Gasteiger partial charge is 0.476 e. The highest BCUT2D eigenvalue weighted by Crippen LogP contribution is 2.41. The molecule has 0 aliphatic rings. The number of ether oxygens (including phenoxy) is 1. The van der Waals surface area contributed by atoms with Crippen LogP contribution in [0.3, 0.4) is 0 Å². The second-order valence-corrected chi connectivity index (χ2v) is 16.3. The van der Waals surface area contributed by atoms with E-state index in [0.29, 0.717) is 5.13 Å². The molecule has 0 fully saturated rings. The molecule has 2 aromatic heterocycles. The molecule has 2 heterocycles. The molecule has 0 spiro atoms. The molecular weight excluding hydrogens is 857 g/mol. The maximum absolute atomic E-state index is 14.1. The first-order valence-electron chi connectivity index (χ1n) is 21.6. The normalized spacial score (nSPS) is 11.6. The van der Waals surface area contributed by atoms with E-state index >= 15 is 0 Å². The van der Waals surface area contributed by atoms with Gasteiger partial charge in [0.05, 0.1) is 6.20 Å². The Hall–Kier alpha value is -8.54. The van der Waals surface area contributed by atoms with Gasteiger partial charge in [-0.3, -0.25) is 4.79 Å². The number of benzene rings is 7. The third kappa shape index (κ3) is 9.92. The molecule has 11 heteroatoms. The number of carbonyl (C=O) groups is 1. The van der Waals surface area contributed by atoms with Crippen LogP contribution in [0.15, 0.2) is 240 Å². The Bertz CT molecular complexity index is 2930. The van der Waals surface area contributed by atoms with E-state index in [2.05, 4.69) is 10.5 Å². The molecule has 2 N–H and O–H groups in total. The van der Waals surface area contributed by atoms with Crippen LogP contribution in [0.25, 0.3) is 0 Å². The van der Waals surface area contributed by atoms with Gasteiger partial charge in [-0.25, -0.2) is 9.78 Å². The van der Waals surface area contributed by atoms with Crippen LogP contribution in [-0.4, -0.2) is 26.5 Å². The Labute approximate surface area is 391 Å². The minimum atomic E-state index is -1.35. The number of carboxylic acids is 1. The van der Waals surface area contributed by atoms with Crippen molar-refractivity contribution in [3.8, 4) is 5.75 Å². The van der Waals surface area contributed by atoms with Crippen LogP contribution >= 0.6 is 11.3 Å². The molecule has 0 amide bonds. The SMILES string of the molecule is O=C(O)/C(=N\OCc1cc(=O)c(OC(c2ccccc2)c2ccccc2)cn1OC(c1ccccc1)c1ccccc1)c1csc(NC(c2ccccc2)(c2ccccc2)c2ccccc2)n1. The summed E-state index contributed by atoms with van der Waals surface area (Å²) in [5, 5.41) is 20.4. The minimum absolute atomic E-state index is 0.0242. The Morgan fingerprint density at radius 2 is 1.04 bits per heavy atom. The van der Waals surface area contributed by atoms with Crippen molar-refractivity contribution in [2.75, 3.05) is 5.32 Å². The lowest BCUT2D eigenvalue weighted by atomic mass is 9.77. The number of pyridine rings is 1. The fourth-order valence-electron chi connectivity index (χ4n) is 7.97. The Morgan fingerprint density at radius 1 is 0.627 bits per heavy atom. The lowest BCUT2D eigenvalue weighted by Crippen LogP contribution is -2.38. The van der Waals surface area contributed by atoms with Gasteiger partial charge in [0.15, 0.2) is 23.6 Å². The summed E-state index contributed by atoms with van der Waals surface area (Å²) >= 11 is 1.24. The summed E-state index contributed by atoms with van der Waals surface area (Å²) in [7, 11) is 0. The minimum Gasteiger partial charge on any atom is -0.476 e. The van der Waals surface area contributed by atoms with E-state index in [1.807, 2.05) is 212 Å². The highest BCUT2D eigenvalue weighted by molar-refractivity contribution is 7.14. The maximum Gasteiger partial charge on any atom is 0.360 e.